The van der Waals surface area contributed by atoms with Crippen molar-refractivity contribution in [1.29, 1.82) is 0 Å². The third kappa shape index (κ3) is 4.05. The molecule has 0 rings (SSSR count). The molecule has 0 nitrogen and oxygen atoms in total. The van der Waals surface area contributed by atoms with Crippen molar-refractivity contribution in [2.45, 2.75) is 58.2 Å². The number of rotatable bonds is 2. The Hall–Kier alpha value is 0.651. The molecule has 5 radical (unpaired) electrons. The smallest absolute Gasteiger partial charge is 0.0428 e. The Balaban J connectivity index is 4.45. The van der Waals surface area contributed by atoms with Crippen LogP contribution in [0.5, 0.6) is 0 Å². The average molecular weight is 214 g/mol. The quantitative estimate of drug-likeness (QED) is 0.619. The Bertz CT molecular complexity index is 116. The van der Waals surface area contributed by atoms with Crippen LogP contribution in [0.4, 0.5) is 0 Å². The van der Waals surface area contributed by atoms with Crippen LogP contribution >= 0.6 is 0 Å². The van der Waals surface area contributed by atoms with Gasteiger partial charge in [-0.3, -0.25) is 0 Å². The highest BCUT2D eigenvalue weighted by molar-refractivity contribution is 7.37. The second-order valence-electron chi connectivity index (χ2n) is 5.25. The molecule has 0 bridgehead atoms. The Morgan fingerprint density at radius 1 is 0.833 bits per heavy atom. The second-order valence-corrected chi connectivity index (χ2v) is 15.8. The van der Waals surface area contributed by atoms with Crippen molar-refractivity contribution in [3.63, 3.8) is 0 Å². The lowest BCUT2D eigenvalue weighted by molar-refractivity contribution is 0.660. The van der Waals surface area contributed by atoms with E-state index in [1.165, 1.54) is 8.55 Å². The molecule has 0 atom stereocenters. The lowest BCUT2D eigenvalue weighted by Crippen LogP contribution is -2.43. The van der Waals surface area contributed by atoms with Crippen molar-refractivity contribution in [3.05, 3.63) is 0 Å². The molecule has 0 spiro atoms. The van der Waals surface area contributed by atoms with E-state index in [-0.39, 0.29) is 8.31 Å². The van der Waals surface area contributed by atoms with E-state index in [0.717, 1.165) is 9.04 Å². The van der Waals surface area contributed by atoms with Crippen molar-refractivity contribution in [1.82, 2.24) is 0 Å². The Morgan fingerprint density at radius 2 is 1.17 bits per heavy atom. The molecule has 0 unspecified atom stereocenters. The summed E-state index contributed by atoms with van der Waals surface area (Å²) in [5.74, 6) is 0. The summed E-state index contributed by atoms with van der Waals surface area (Å²) >= 11 is 0. The van der Waals surface area contributed by atoms with Gasteiger partial charge < -0.3 is 0 Å². The summed E-state index contributed by atoms with van der Waals surface area (Å²) in [6, 6.07) is 0. The molecular weight excluding hydrogens is 192 g/mol. The van der Waals surface area contributed by atoms with Gasteiger partial charge in [-0.1, -0.05) is 48.1 Å². The van der Waals surface area contributed by atoms with Gasteiger partial charge in [-0.2, -0.15) is 0 Å². The summed E-state index contributed by atoms with van der Waals surface area (Å²) in [6.45, 7) is 16.8. The zero-order valence-corrected chi connectivity index (χ0v) is 12.5. The molecule has 0 saturated carbocycles. The third-order valence-electron chi connectivity index (χ3n) is 1.75. The zero-order valence-electron chi connectivity index (χ0n) is 9.50. The molecule has 0 saturated heterocycles. The molecular formula is C9H21Si3. The van der Waals surface area contributed by atoms with Crippen LogP contribution in [0.1, 0.15) is 41.5 Å². The van der Waals surface area contributed by atoms with Crippen molar-refractivity contribution in [2.24, 2.45) is 0 Å². The van der Waals surface area contributed by atoms with Crippen LogP contribution in [0.3, 0.4) is 0 Å². The molecule has 3 heteroatoms. The van der Waals surface area contributed by atoms with E-state index >= 15 is 0 Å². The highest BCUT2D eigenvalue weighted by atomic mass is 29.5. The molecule has 0 amide bonds. The van der Waals surface area contributed by atoms with Crippen LogP contribution in [0.15, 0.2) is 0 Å². The first-order chi connectivity index (χ1) is 5.19. The highest BCUT2D eigenvalue weighted by Gasteiger charge is 2.35. The van der Waals surface area contributed by atoms with Crippen molar-refractivity contribution in [2.75, 3.05) is 0 Å². The topological polar surface area (TPSA) is 0 Å². The Morgan fingerprint density at radius 3 is 1.25 bits per heavy atom. The maximum Gasteiger partial charge on any atom is 0.0428 e. The highest BCUT2D eigenvalue weighted by Crippen LogP contribution is 2.40. The van der Waals surface area contributed by atoms with Gasteiger partial charge in [0.15, 0.2) is 0 Å². The van der Waals surface area contributed by atoms with Crippen LogP contribution in [-0.2, 0) is 0 Å². The van der Waals surface area contributed by atoms with Crippen LogP contribution < -0.4 is 0 Å². The first kappa shape index (κ1) is 12.7. The van der Waals surface area contributed by atoms with Gasteiger partial charge in [-0.05, 0) is 10.1 Å². The Kier molecular flexibility index (Phi) is 4.47. The SMILES string of the molecule is C[Si][Si][Si](C(C)(C)C)C(C)(C)C. The summed E-state index contributed by atoms with van der Waals surface area (Å²) < 4.78 is 0. The van der Waals surface area contributed by atoms with E-state index in [4.69, 9.17) is 0 Å². The minimum Gasteiger partial charge on any atom is -0.0761 e. The molecule has 0 aromatic carbocycles. The van der Waals surface area contributed by atoms with E-state index in [1.54, 1.807) is 0 Å². The van der Waals surface area contributed by atoms with Gasteiger partial charge in [0, 0.05) is 25.9 Å². The van der Waals surface area contributed by atoms with Gasteiger partial charge in [0.1, 0.15) is 0 Å². The van der Waals surface area contributed by atoms with Gasteiger partial charge in [0.25, 0.3) is 0 Å². The lowest BCUT2D eigenvalue weighted by atomic mass is 10.2. The minimum atomic E-state index is -0.186. The van der Waals surface area contributed by atoms with Crippen molar-refractivity contribution in [3.8, 4) is 0 Å². The summed E-state index contributed by atoms with van der Waals surface area (Å²) in [5.41, 5.74) is 0. The fourth-order valence-electron chi connectivity index (χ4n) is 1.62. The first-order valence-corrected chi connectivity index (χ1v) is 10.5. The number of hydrogen-bond donors (Lipinski definition) is 0. The summed E-state index contributed by atoms with van der Waals surface area (Å²) in [7, 11) is 2.21. The van der Waals surface area contributed by atoms with Gasteiger partial charge in [0.05, 0.1) is 0 Å². The largest absolute Gasteiger partial charge is 0.0761 e. The predicted molar refractivity (Wildman–Crippen MR) is 62.6 cm³/mol. The standard InChI is InChI=1S/C9H21Si3/c1-8(2,3)12(11-10-7)9(4,5)6/h1-7H3. The van der Waals surface area contributed by atoms with Crippen LogP contribution in [0, 0.1) is 0 Å². The minimum absolute atomic E-state index is 0.186. The Labute approximate surface area is 84.4 Å². The monoisotopic (exact) mass is 213 g/mol. The molecule has 0 aromatic rings. The average Bonchev–Trinajstić information content (AvgIpc) is 1.77. The lowest BCUT2D eigenvalue weighted by Gasteiger charge is -2.39. The molecule has 0 aliphatic rings. The predicted octanol–water partition coefficient (Wildman–Crippen LogP) is 2.95. The molecule has 12 heavy (non-hydrogen) atoms. The van der Waals surface area contributed by atoms with Crippen LogP contribution in [0.25, 0.3) is 0 Å². The third-order valence-corrected chi connectivity index (χ3v) is 15.8. The summed E-state index contributed by atoms with van der Waals surface area (Å²) in [4.78, 5) is 0. The van der Waals surface area contributed by atoms with Gasteiger partial charge >= 0.3 is 0 Å². The van der Waals surface area contributed by atoms with E-state index in [2.05, 4.69) is 48.1 Å². The van der Waals surface area contributed by atoms with Crippen molar-refractivity contribution < 1.29 is 0 Å². The molecule has 0 heterocycles. The maximum absolute atomic E-state index is 2.42. The van der Waals surface area contributed by atoms with Gasteiger partial charge in [0.2, 0.25) is 0 Å². The van der Waals surface area contributed by atoms with Crippen LogP contribution in [0.2, 0.25) is 16.6 Å². The second kappa shape index (κ2) is 4.24. The normalized spacial score (nSPS) is 14.0. The maximum atomic E-state index is 2.42. The first-order valence-electron chi connectivity index (χ1n) is 4.50. The molecule has 0 aromatic heterocycles. The molecule has 0 aliphatic carbocycles. The molecule has 0 aliphatic heterocycles. The summed E-state index contributed by atoms with van der Waals surface area (Å²) in [5, 5.41) is 1.15. The van der Waals surface area contributed by atoms with Crippen LogP contribution in [-0.4, -0.2) is 25.9 Å². The zero-order chi connectivity index (χ0) is 9.99. The van der Waals surface area contributed by atoms with Gasteiger partial charge in [-0.25, -0.2) is 0 Å². The van der Waals surface area contributed by atoms with Crippen molar-refractivity contribution >= 4 is 25.9 Å². The van der Waals surface area contributed by atoms with Gasteiger partial charge in [-0.15, -0.1) is 0 Å². The fraction of sp³-hybridized carbons (Fsp3) is 1.00. The summed E-state index contributed by atoms with van der Waals surface area (Å²) in [6.07, 6.45) is 0. The molecule has 0 fully saturated rings. The van der Waals surface area contributed by atoms with E-state index in [0.29, 0.717) is 10.1 Å². The molecule has 69 valence electrons. The van der Waals surface area contributed by atoms with E-state index in [1.807, 2.05) is 0 Å². The van der Waals surface area contributed by atoms with E-state index in [9.17, 15) is 0 Å². The fourth-order valence-corrected chi connectivity index (χ4v) is 16.9. The number of hydrogen-bond acceptors (Lipinski definition) is 0. The van der Waals surface area contributed by atoms with E-state index < -0.39 is 0 Å². The molecule has 0 N–H and O–H groups in total.